The van der Waals surface area contributed by atoms with Crippen molar-refractivity contribution in [1.82, 2.24) is 15.0 Å². The van der Waals surface area contributed by atoms with Crippen LogP contribution in [-0.4, -0.2) is 27.6 Å². The minimum absolute atomic E-state index is 0.0453. The number of nitrogens with two attached hydrogens (primary N) is 1. The number of benzene rings is 1. The summed E-state index contributed by atoms with van der Waals surface area (Å²) in [6, 6.07) is 4.93. The van der Waals surface area contributed by atoms with Crippen molar-refractivity contribution in [3.8, 4) is 34.6 Å². The fourth-order valence-corrected chi connectivity index (χ4v) is 3.74. The first-order valence-corrected chi connectivity index (χ1v) is 10.0. The minimum Gasteiger partial charge on any atom is -0.462 e. The van der Waals surface area contributed by atoms with E-state index in [4.69, 9.17) is 15.2 Å². The third-order valence-electron chi connectivity index (χ3n) is 5.20. The van der Waals surface area contributed by atoms with E-state index in [1.165, 1.54) is 12.4 Å². The smallest absolute Gasteiger partial charge is 0.283 e. The number of amidine groups is 1. The maximum absolute atomic E-state index is 15.0. The Kier molecular flexibility index (Phi) is 4.38. The van der Waals surface area contributed by atoms with Crippen molar-refractivity contribution < 1.29 is 13.9 Å². The van der Waals surface area contributed by atoms with Crippen LogP contribution in [0.25, 0.3) is 11.1 Å². The van der Waals surface area contributed by atoms with Gasteiger partial charge in [-0.05, 0) is 32.9 Å². The first kappa shape index (κ1) is 19.9. The highest BCUT2D eigenvalue weighted by atomic mass is 19.1. The second-order valence-corrected chi connectivity index (χ2v) is 8.73. The molecule has 1 spiro atoms. The van der Waals surface area contributed by atoms with Crippen molar-refractivity contribution in [2.45, 2.75) is 26.3 Å². The molecule has 8 heteroatoms. The fraction of sp³-hybridized carbons (Fsp3) is 0.250. The van der Waals surface area contributed by atoms with Gasteiger partial charge in [0.2, 0.25) is 5.88 Å². The SMILES string of the molecule is CC(C)(C)C#Cc1cnc2c(c1)[C@@]1(COC(N)=N1)c1cc(-c3cncnc3)c(F)cc1O2. The molecule has 0 aliphatic carbocycles. The van der Waals surface area contributed by atoms with Gasteiger partial charge in [0.15, 0.2) is 5.54 Å². The largest absolute Gasteiger partial charge is 0.462 e. The van der Waals surface area contributed by atoms with E-state index in [1.807, 2.05) is 26.8 Å². The van der Waals surface area contributed by atoms with Crippen LogP contribution in [0.1, 0.15) is 37.5 Å². The maximum Gasteiger partial charge on any atom is 0.283 e. The van der Waals surface area contributed by atoms with Gasteiger partial charge in [0.1, 0.15) is 24.5 Å². The van der Waals surface area contributed by atoms with Crippen molar-refractivity contribution in [3.05, 3.63) is 65.6 Å². The Hall–Kier alpha value is -3.99. The summed E-state index contributed by atoms with van der Waals surface area (Å²) in [5.74, 6) is 6.51. The number of hydrogen-bond acceptors (Lipinski definition) is 7. The third kappa shape index (κ3) is 3.32. The average Bonchev–Trinajstić information content (AvgIpc) is 3.14. The van der Waals surface area contributed by atoms with E-state index >= 15 is 4.39 Å². The second kappa shape index (κ2) is 7.02. The molecule has 160 valence electrons. The van der Waals surface area contributed by atoms with Crippen LogP contribution >= 0.6 is 0 Å². The summed E-state index contributed by atoms with van der Waals surface area (Å²) in [7, 11) is 0. The van der Waals surface area contributed by atoms with E-state index < -0.39 is 11.4 Å². The molecule has 0 bridgehead atoms. The number of rotatable bonds is 1. The van der Waals surface area contributed by atoms with E-state index in [0.717, 1.165) is 0 Å². The molecule has 0 radical (unpaired) electrons. The van der Waals surface area contributed by atoms with E-state index in [9.17, 15) is 0 Å². The van der Waals surface area contributed by atoms with Crippen molar-refractivity contribution in [3.63, 3.8) is 0 Å². The summed E-state index contributed by atoms with van der Waals surface area (Å²) in [5.41, 5.74) is 7.59. The summed E-state index contributed by atoms with van der Waals surface area (Å²) in [5, 5.41) is 0. The molecule has 5 rings (SSSR count). The van der Waals surface area contributed by atoms with Gasteiger partial charge in [-0.2, -0.15) is 0 Å². The first-order chi connectivity index (χ1) is 15.2. The van der Waals surface area contributed by atoms with Crippen molar-refractivity contribution in [1.29, 1.82) is 0 Å². The van der Waals surface area contributed by atoms with Crippen LogP contribution in [0.4, 0.5) is 4.39 Å². The van der Waals surface area contributed by atoms with E-state index in [0.29, 0.717) is 39.4 Å². The van der Waals surface area contributed by atoms with Gasteiger partial charge in [0, 0.05) is 52.3 Å². The lowest BCUT2D eigenvalue weighted by atomic mass is 9.81. The quantitative estimate of drug-likeness (QED) is 0.592. The lowest BCUT2D eigenvalue weighted by Crippen LogP contribution is -2.31. The number of halogens is 1. The van der Waals surface area contributed by atoms with Crippen LogP contribution in [0.3, 0.4) is 0 Å². The number of pyridine rings is 1. The van der Waals surface area contributed by atoms with Crippen LogP contribution in [0.15, 0.2) is 48.1 Å². The molecule has 7 nitrogen and oxygen atoms in total. The molecule has 3 aromatic rings. The first-order valence-electron chi connectivity index (χ1n) is 10.0. The lowest BCUT2D eigenvalue weighted by Gasteiger charge is -2.33. The number of hydrogen-bond donors (Lipinski definition) is 1. The Labute approximate surface area is 184 Å². The molecule has 0 unspecified atom stereocenters. The Balaban J connectivity index is 1.72. The Morgan fingerprint density at radius 2 is 1.88 bits per heavy atom. The van der Waals surface area contributed by atoms with Gasteiger partial charge in [-0.3, -0.25) is 0 Å². The molecule has 2 aliphatic rings. The predicted molar refractivity (Wildman–Crippen MR) is 116 cm³/mol. The van der Waals surface area contributed by atoms with Crippen LogP contribution in [0.2, 0.25) is 0 Å². The van der Waals surface area contributed by atoms with Gasteiger partial charge in [0.05, 0.1) is 5.56 Å². The molecule has 0 amide bonds. The average molecular weight is 429 g/mol. The molecule has 2 aliphatic heterocycles. The summed E-state index contributed by atoms with van der Waals surface area (Å²) in [4.78, 5) is 17.1. The topological polar surface area (TPSA) is 95.5 Å². The van der Waals surface area contributed by atoms with Gasteiger partial charge < -0.3 is 15.2 Å². The normalized spacial score (nSPS) is 18.6. The molecule has 0 saturated heterocycles. The van der Waals surface area contributed by atoms with Crippen molar-refractivity contribution >= 4 is 6.02 Å². The standard InChI is InChI=1S/C24H20FN5O2/c1-23(2,3)5-4-14-6-18-21(29-9-14)32-20-8-19(25)16(15-10-27-13-28-11-15)7-17(20)24(18)12-31-22(26)30-24/h6-11,13H,12H2,1-3H3,(H2,26,30)/t24-/m1/s1. The highest BCUT2D eigenvalue weighted by Gasteiger charge is 2.48. The molecule has 2 aromatic heterocycles. The molecular formula is C24H20FN5O2. The van der Waals surface area contributed by atoms with E-state index in [-0.39, 0.29) is 18.0 Å². The molecule has 0 fully saturated rings. The number of aliphatic imine (C=N–C) groups is 1. The molecular weight excluding hydrogens is 409 g/mol. The van der Waals surface area contributed by atoms with Crippen molar-refractivity contribution in [2.24, 2.45) is 16.1 Å². The minimum atomic E-state index is -1.03. The maximum atomic E-state index is 15.0. The zero-order valence-corrected chi connectivity index (χ0v) is 17.8. The second-order valence-electron chi connectivity index (χ2n) is 8.73. The highest BCUT2D eigenvalue weighted by molar-refractivity contribution is 5.77. The summed E-state index contributed by atoms with van der Waals surface area (Å²) >= 11 is 0. The van der Waals surface area contributed by atoms with Gasteiger partial charge in [-0.25, -0.2) is 24.3 Å². The molecule has 4 heterocycles. The highest BCUT2D eigenvalue weighted by Crippen LogP contribution is 2.51. The molecule has 32 heavy (non-hydrogen) atoms. The molecule has 1 atom stereocenters. The van der Waals surface area contributed by atoms with E-state index in [2.05, 4.69) is 31.8 Å². The van der Waals surface area contributed by atoms with Crippen LogP contribution < -0.4 is 10.5 Å². The predicted octanol–water partition coefficient (Wildman–Crippen LogP) is 3.77. The fourth-order valence-electron chi connectivity index (χ4n) is 3.74. The zero-order valence-electron chi connectivity index (χ0n) is 17.8. The Morgan fingerprint density at radius 3 is 2.56 bits per heavy atom. The Bertz CT molecular complexity index is 1320. The monoisotopic (exact) mass is 429 g/mol. The van der Waals surface area contributed by atoms with Gasteiger partial charge in [-0.15, -0.1) is 0 Å². The van der Waals surface area contributed by atoms with Crippen LogP contribution in [-0.2, 0) is 10.3 Å². The zero-order chi connectivity index (χ0) is 22.5. The lowest BCUT2D eigenvalue weighted by molar-refractivity contribution is 0.262. The number of ether oxygens (including phenoxy) is 2. The number of aromatic nitrogens is 3. The van der Waals surface area contributed by atoms with Gasteiger partial charge in [-0.1, -0.05) is 11.8 Å². The Morgan fingerprint density at radius 1 is 1.09 bits per heavy atom. The summed E-state index contributed by atoms with van der Waals surface area (Å²) < 4.78 is 26.6. The molecule has 0 saturated carbocycles. The summed E-state index contributed by atoms with van der Waals surface area (Å²) in [6.45, 7) is 6.24. The number of nitrogens with zero attached hydrogens (tertiary/aromatic N) is 4. The van der Waals surface area contributed by atoms with Crippen molar-refractivity contribution in [2.75, 3.05) is 6.61 Å². The summed E-state index contributed by atoms with van der Waals surface area (Å²) in [6.07, 6.45) is 6.12. The number of fused-ring (bicyclic) bond motifs is 4. The van der Waals surface area contributed by atoms with Crippen LogP contribution in [0, 0.1) is 23.1 Å². The van der Waals surface area contributed by atoms with Gasteiger partial charge >= 0.3 is 0 Å². The van der Waals surface area contributed by atoms with E-state index in [1.54, 1.807) is 24.7 Å². The van der Waals surface area contributed by atoms with Gasteiger partial charge in [0.25, 0.3) is 6.02 Å². The third-order valence-corrected chi connectivity index (χ3v) is 5.20. The molecule has 1 aromatic carbocycles. The molecule has 2 N–H and O–H groups in total. The van der Waals surface area contributed by atoms with Crippen LogP contribution in [0.5, 0.6) is 11.6 Å².